The molecule has 1 aliphatic carbocycles. The third-order valence-corrected chi connectivity index (χ3v) is 4.74. The predicted molar refractivity (Wildman–Crippen MR) is 81.1 cm³/mol. The lowest BCUT2D eigenvalue weighted by atomic mass is 9.82. The third-order valence-electron chi connectivity index (χ3n) is 4.74. The zero-order valence-corrected chi connectivity index (χ0v) is 13.6. The second-order valence-corrected chi connectivity index (χ2v) is 6.02. The standard InChI is InChI=1S/C16H29NO4/c1-4-13(5-2)17(10-11-21-3)14(18)12-16(15(19)20)8-6-7-9-16/h13H,4-12H2,1-3H3,(H,19,20). The van der Waals surface area contributed by atoms with E-state index in [4.69, 9.17) is 4.74 Å². The van der Waals surface area contributed by atoms with Gasteiger partial charge in [-0.1, -0.05) is 26.7 Å². The number of ether oxygens (including phenoxy) is 1. The highest BCUT2D eigenvalue weighted by Crippen LogP contribution is 2.42. The first-order valence-corrected chi connectivity index (χ1v) is 8.02. The summed E-state index contributed by atoms with van der Waals surface area (Å²) in [5.74, 6) is -0.852. The molecule has 0 aromatic rings. The van der Waals surface area contributed by atoms with Crippen LogP contribution < -0.4 is 0 Å². The Balaban J connectivity index is 2.81. The number of hydrogen-bond donors (Lipinski definition) is 1. The minimum atomic E-state index is -0.839. The molecule has 0 spiro atoms. The average Bonchev–Trinajstić information content (AvgIpc) is 2.93. The molecule has 0 unspecified atom stereocenters. The van der Waals surface area contributed by atoms with E-state index in [1.54, 1.807) is 7.11 Å². The first-order chi connectivity index (χ1) is 10.0. The van der Waals surface area contributed by atoms with Gasteiger partial charge in [0, 0.05) is 26.1 Å². The van der Waals surface area contributed by atoms with Crippen LogP contribution >= 0.6 is 0 Å². The number of methoxy groups -OCH3 is 1. The van der Waals surface area contributed by atoms with E-state index >= 15 is 0 Å². The van der Waals surface area contributed by atoms with Crippen LogP contribution in [-0.4, -0.2) is 48.2 Å². The fraction of sp³-hybridized carbons (Fsp3) is 0.875. The van der Waals surface area contributed by atoms with E-state index in [-0.39, 0.29) is 18.4 Å². The van der Waals surface area contributed by atoms with Crippen LogP contribution in [0.15, 0.2) is 0 Å². The number of carbonyl (C=O) groups is 2. The van der Waals surface area contributed by atoms with Crippen molar-refractivity contribution in [3.05, 3.63) is 0 Å². The molecule has 0 aliphatic heterocycles. The Morgan fingerprint density at radius 3 is 2.24 bits per heavy atom. The molecule has 21 heavy (non-hydrogen) atoms. The highest BCUT2D eigenvalue weighted by molar-refractivity contribution is 5.85. The quantitative estimate of drug-likeness (QED) is 0.711. The molecule has 0 aromatic carbocycles. The van der Waals surface area contributed by atoms with Crippen molar-refractivity contribution in [1.29, 1.82) is 0 Å². The summed E-state index contributed by atoms with van der Waals surface area (Å²) in [5, 5.41) is 9.53. The summed E-state index contributed by atoms with van der Waals surface area (Å²) in [6.45, 7) is 5.15. The first-order valence-electron chi connectivity index (χ1n) is 8.02. The normalized spacial score (nSPS) is 17.1. The molecule has 0 aromatic heterocycles. The summed E-state index contributed by atoms with van der Waals surface area (Å²) >= 11 is 0. The van der Waals surface area contributed by atoms with Crippen LogP contribution in [0.4, 0.5) is 0 Å². The van der Waals surface area contributed by atoms with Crippen molar-refractivity contribution in [2.24, 2.45) is 5.41 Å². The second kappa shape index (κ2) is 8.37. The van der Waals surface area contributed by atoms with Crippen molar-refractivity contribution in [3.8, 4) is 0 Å². The fourth-order valence-electron chi connectivity index (χ4n) is 3.34. The van der Waals surface area contributed by atoms with Crippen LogP contribution in [0.25, 0.3) is 0 Å². The maximum Gasteiger partial charge on any atom is 0.310 e. The zero-order chi connectivity index (χ0) is 15.9. The lowest BCUT2D eigenvalue weighted by Crippen LogP contribution is -2.45. The number of nitrogens with zero attached hydrogens (tertiary/aromatic N) is 1. The van der Waals surface area contributed by atoms with Gasteiger partial charge in [-0.2, -0.15) is 0 Å². The van der Waals surface area contributed by atoms with E-state index < -0.39 is 11.4 Å². The van der Waals surface area contributed by atoms with E-state index in [0.717, 1.165) is 25.7 Å². The van der Waals surface area contributed by atoms with Gasteiger partial charge >= 0.3 is 5.97 Å². The Bertz CT molecular complexity index is 346. The van der Waals surface area contributed by atoms with Crippen molar-refractivity contribution >= 4 is 11.9 Å². The summed E-state index contributed by atoms with van der Waals surface area (Å²) < 4.78 is 5.09. The number of carboxylic acid groups (broad SMARTS) is 1. The van der Waals surface area contributed by atoms with Crippen LogP contribution in [0.2, 0.25) is 0 Å². The molecule has 0 saturated heterocycles. The molecule has 1 N–H and O–H groups in total. The van der Waals surface area contributed by atoms with E-state index in [1.807, 2.05) is 4.90 Å². The van der Waals surface area contributed by atoms with E-state index in [2.05, 4.69) is 13.8 Å². The molecule has 1 saturated carbocycles. The monoisotopic (exact) mass is 299 g/mol. The number of rotatable bonds is 9. The molecule has 1 fully saturated rings. The van der Waals surface area contributed by atoms with Gasteiger partial charge in [-0.15, -0.1) is 0 Å². The van der Waals surface area contributed by atoms with E-state index in [1.165, 1.54) is 0 Å². The Morgan fingerprint density at radius 1 is 1.24 bits per heavy atom. The second-order valence-electron chi connectivity index (χ2n) is 6.02. The Labute approximate surface area is 127 Å². The zero-order valence-electron chi connectivity index (χ0n) is 13.6. The highest BCUT2D eigenvalue weighted by atomic mass is 16.5. The maximum atomic E-state index is 12.7. The molecule has 5 nitrogen and oxygen atoms in total. The van der Waals surface area contributed by atoms with Gasteiger partial charge in [0.15, 0.2) is 0 Å². The Morgan fingerprint density at radius 2 is 1.81 bits per heavy atom. The van der Waals surface area contributed by atoms with Gasteiger partial charge < -0.3 is 14.7 Å². The molecule has 0 heterocycles. The van der Waals surface area contributed by atoms with Crippen molar-refractivity contribution in [2.45, 2.75) is 64.8 Å². The molecular weight excluding hydrogens is 270 g/mol. The number of carboxylic acids is 1. The minimum absolute atomic E-state index is 0.0370. The van der Waals surface area contributed by atoms with E-state index in [9.17, 15) is 14.7 Å². The van der Waals surface area contributed by atoms with Crippen molar-refractivity contribution in [2.75, 3.05) is 20.3 Å². The molecular formula is C16H29NO4. The van der Waals surface area contributed by atoms with Gasteiger partial charge in [0.2, 0.25) is 5.91 Å². The maximum absolute atomic E-state index is 12.7. The molecule has 0 radical (unpaired) electrons. The van der Waals surface area contributed by atoms with Gasteiger partial charge in [0.1, 0.15) is 0 Å². The largest absolute Gasteiger partial charge is 0.481 e. The van der Waals surface area contributed by atoms with Crippen LogP contribution in [0.5, 0.6) is 0 Å². The summed E-state index contributed by atoms with van der Waals surface area (Å²) in [6, 6.07) is 0.167. The lowest BCUT2D eigenvalue weighted by molar-refractivity contribution is -0.154. The van der Waals surface area contributed by atoms with Gasteiger partial charge in [0.05, 0.1) is 12.0 Å². The lowest BCUT2D eigenvalue weighted by Gasteiger charge is -2.33. The number of amides is 1. The molecule has 0 atom stereocenters. The highest BCUT2D eigenvalue weighted by Gasteiger charge is 2.44. The molecule has 1 amide bonds. The van der Waals surface area contributed by atoms with Gasteiger partial charge in [-0.05, 0) is 25.7 Å². The summed E-state index contributed by atoms with van der Waals surface area (Å²) in [7, 11) is 1.62. The van der Waals surface area contributed by atoms with Gasteiger partial charge in [-0.25, -0.2) is 0 Å². The smallest absolute Gasteiger partial charge is 0.310 e. The summed E-state index contributed by atoms with van der Waals surface area (Å²) in [6.07, 6.45) is 4.94. The number of carbonyl (C=O) groups excluding carboxylic acids is 1. The number of aliphatic carboxylic acids is 1. The van der Waals surface area contributed by atoms with Crippen LogP contribution in [-0.2, 0) is 14.3 Å². The molecule has 1 aliphatic rings. The Hall–Kier alpha value is -1.10. The summed E-state index contributed by atoms with van der Waals surface area (Å²) in [4.78, 5) is 26.1. The Kier molecular flexibility index (Phi) is 7.15. The third kappa shape index (κ3) is 4.43. The van der Waals surface area contributed by atoms with E-state index in [0.29, 0.717) is 26.0 Å². The van der Waals surface area contributed by atoms with Crippen LogP contribution in [0, 0.1) is 5.41 Å². The molecule has 5 heteroatoms. The summed E-state index contributed by atoms with van der Waals surface area (Å²) in [5.41, 5.74) is -0.839. The SMILES string of the molecule is CCC(CC)N(CCOC)C(=O)CC1(C(=O)O)CCCC1. The molecule has 0 bridgehead atoms. The molecule has 122 valence electrons. The average molecular weight is 299 g/mol. The first kappa shape index (κ1) is 18.0. The number of hydrogen-bond acceptors (Lipinski definition) is 3. The van der Waals surface area contributed by atoms with Crippen LogP contribution in [0.3, 0.4) is 0 Å². The van der Waals surface area contributed by atoms with Crippen molar-refractivity contribution in [1.82, 2.24) is 4.90 Å². The predicted octanol–water partition coefficient (Wildman–Crippen LogP) is 2.69. The topological polar surface area (TPSA) is 66.8 Å². The van der Waals surface area contributed by atoms with Gasteiger partial charge in [-0.3, -0.25) is 9.59 Å². The minimum Gasteiger partial charge on any atom is -0.481 e. The molecule has 1 rings (SSSR count). The fourth-order valence-corrected chi connectivity index (χ4v) is 3.34. The van der Waals surface area contributed by atoms with Crippen molar-refractivity contribution < 1.29 is 19.4 Å². The van der Waals surface area contributed by atoms with Crippen molar-refractivity contribution in [3.63, 3.8) is 0 Å². The van der Waals surface area contributed by atoms with Gasteiger partial charge in [0.25, 0.3) is 0 Å². The van der Waals surface area contributed by atoms with Crippen LogP contribution in [0.1, 0.15) is 58.8 Å².